The molecule has 4 aromatic carbocycles. The van der Waals surface area contributed by atoms with Crippen LogP contribution in [-0.4, -0.2) is 64.8 Å². The first-order chi connectivity index (χ1) is 25.1. The predicted octanol–water partition coefficient (Wildman–Crippen LogP) is 7.45. The van der Waals surface area contributed by atoms with Crippen molar-refractivity contribution in [3.63, 3.8) is 0 Å². The number of hydrogen-bond donors (Lipinski definition) is 2. The van der Waals surface area contributed by atoms with E-state index in [0.717, 1.165) is 63.9 Å². The minimum absolute atomic E-state index is 0.0445. The number of piperazine rings is 1. The number of nitrogens with one attached hydrogen (secondary N) is 1. The maximum atomic E-state index is 17.2. The number of terminal acetylenes is 1. The van der Waals surface area contributed by atoms with Crippen LogP contribution in [0.4, 0.5) is 23.4 Å². The van der Waals surface area contributed by atoms with Crippen LogP contribution in [0.5, 0.6) is 11.8 Å². The summed E-state index contributed by atoms with van der Waals surface area (Å²) in [6.45, 7) is 3.97. The van der Waals surface area contributed by atoms with Gasteiger partial charge in [0.25, 0.3) is 0 Å². The van der Waals surface area contributed by atoms with Gasteiger partial charge in [0.1, 0.15) is 17.1 Å². The number of phenols is 1. The number of anilines is 1. The highest BCUT2D eigenvalue weighted by Crippen LogP contribution is 2.49. The molecule has 4 aliphatic rings. The molecule has 0 amide bonds. The largest absolute Gasteiger partial charge is 0.508 e. The van der Waals surface area contributed by atoms with Gasteiger partial charge in [-0.05, 0) is 78.4 Å². The third kappa shape index (κ3) is 5.88. The quantitative estimate of drug-likeness (QED) is 0.135. The molecule has 1 aromatic heterocycles. The Bertz CT molecular complexity index is 2270. The number of rotatable bonds is 7. The van der Waals surface area contributed by atoms with Gasteiger partial charge in [-0.1, -0.05) is 42.3 Å². The van der Waals surface area contributed by atoms with Crippen LogP contribution in [0.25, 0.3) is 32.8 Å². The molecule has 9 rings (SSSR count). The minimum Gasteiger partial charge on any atom is -0.508 e. The molecule has 3 aliphatic heterocycles. The van der Waals surface area contributed by atoms with E-state index in [1.165, 1.54) is 17.2 Å². The van der Waals surface area contributed by atoms with Gasteiger partial charge in [0.2, 0.25) is 0 Å². The van der Waals surface area contributed by atoms with Crippen molar-refractivity contribution in [1.29, 1.82) is 0 Å². The smallest absolute Gasteiger partial charge is 0.417 e. The number of fused-ring (bicyclic) bond motifs is 5. The number of aromatic hydroxyl groups is 1. The van der Waals surface area contributed by atoms with Gasteiger partial charge in [-0.25, -0.2) is 4.39 Å². The molecule has 2 atom stereocenters. The Hall–Kier alpha value is -4.92. The van der Waals surface area contributed by atoms with Crippen LogP contribution in [0.3, 0.4) is 0 Å². The highest BCUT2D eigenvalue weighted by atomic mass is 19.4. The molecule has 0 spiro atoms. The monoisotopic (exact) mass is 707 g/mol. The van der Waals surface area contributed by atoms with E-state index in [-0.39, 0.29) is 62.5 Å². The van der Waals surface area contributed by atoms with Gasteiger partial charge >= 0.3 is 12.2 Å². The molecule has 2 saturated heterocycles. The van der Waals surface area contributed by atoms with Crippen molar-refractivity contribution in [2.75, 3.05) is 37.7 Å². The number of aromatic nitrogens is 2. The summed E-state index contributed by atoms with van der Waals surface area (Å²) in [5.41, 5.74) is 0.486. The highest BCUT2D eigenvalue weighted by Gasteiger charge is 2.46. The molecule has 1 aliphatic carbocycles. The molecule has 52 heavy (non-hydrogen) atoms. The van der Waals surface area contributed by atoms with E-state index in [1.807, 2.05) is 4.90 Å². The van der Waals surface area contributed by atoms with Gasteiger partial charge in [0.05, 0.1) is 12.2 Å². The lowest BCUT2D eigenvalue weighted by Gasteiger charge is -2.34. The zero-order chi connectivity index (χ0) is 35.8. The van der Waals surface area contributed by atoms with E-state index in [1.54, 1.807) is 18.2 Å². The molecular weight excluding hydrogens is 670 g/mol. The second kappa shape index (κ2) is 12.3. The van der Waals surface area contributed by atoms with Crippen LogP contribution >= 0.6 is 0 Å². The second-order valence-corrected chi connectivity index (χ2v) is 14.9. The lowest BCUT2D eigenvalue weighted by atomic mass is 9.90. The molecule has 1 saturated carbocycles. The zero-order valence-corrected chi connectivity index (χ0v) is 28.4. The van der Waals surface area contributed by atoms with Crippen LogP contribution in [0, 0.1) is 23.6 Å². The number of phenolic OH excluding ortho intramolecular Hbond substituents is 1. The fourth-order valence-corrected chi connectivity index (χ4v) is 8.59. The number of nitrogens with zero attached hydrogens (tertiary/aromatic N) is 4. The molecule has 2 unspecified atom stereocenters. The third-order valence-electron chi connectivity index (χ3n) is 11.3. The van der Waals surface area contributed by atoms with Gasteiger partial charge in [0, 0.05) is 72.1 Å². The molecule has 5 aromatic rings. The van der Waals surface area contributed by atoms with Gasteiger partial charge in [-0.15, -0.1) is 6.42 Å². The van der Waals surface area contributed by atoms with Gasteiger partial charge in [-0.3, -0.25) is 4.90 Å². The lowest BCUT2D eigenvalue weighted by molar-refractivity contribution is -0.137. The second-order valence-electron chi connectivity index (χ2n) is 14.9. The fourth-order valence-electron chi connectivity index (χ4n) is 8.59. The Morgan fingerprint density at radius 3 is 2.50 bits per heavy atom. The topological polar surface area (TPSA) is 73.8 Å². The molecule has 4 heterocycles. The summed E-state index contributed by atoms with van der Waals surface area (Å²) in [5, 5.41) is 14.8. The number of benzene rings is 4. The average Bonchev–Trinajstić information content (AvgIpc) is 3.82. The summed E-state index contributed by atoms with van der Waals surface area (Å²) in [6.07, 6.45) is 5.59. The van der Waals surface area contributed by atoms with Crippen LogP contribution in [-0.2, 0) is 19.1 Å². The lowest BCUT2D eigenvalue weighted by Crippen LogP contribution is -2.51. The first-order valence-corrected chi connectivity index (χ1v) is 17.8. The minimum atomic E-state index is -4.96. The van der Waals surface area contributed by atoms with Crippen molar-refractivity contribution in [1.82, 2.24) is 20.2 Å². The SMILES string of the molecule is C#Cc1cccc2cc(O)cc(-c3c(C(F)(F)F)cc4c(N5CC6CCC(C5)N6)nc(OCC5(CN6CCc7ccccc7C6)CC5)nc4c3F)c12. The average molecular weight is 708 g/mol. The summed E-state index contributed by atoms with van der Waals surface area (Å²) < 4.78 is 68.8. The summed E-state index contributed by atoms with van der Waals surface area (Å²) in [7, 11) is 0. The van der Waals surface area contributed by atoms with Gasteiger partial charge in [-0.2, -0.15) is 23.1 Å². The molecule has 11 heteroatoms. The van der Waals surface area contributed by atoms with Crippen molar-refractivity contribution < 1.29 is 27.4 Å². The number of halogens is 4. The number of hydrogen-bond acceptors (Lipinski definition) is 7. The third-order valence-corrected chi connectivity index (χ3v) is 11.3. The number of ether oxygens (including phenoxy) is 1. The maximum absolute atomic E-state index is 17.2. The van der Waals surface area contributed by atoms with Gasteiger partial charge < -0.3 is 20.1 Å². The zero-order valence-electron chi connectivity index (χ0n) is 28.4. The van der Waals surface area contributed by atoms with E-state index < -0.39 is 23.1 Å². The molecular formula is C41H37F4N5O2. The van der Waals surface area contributed by atoms with Crippen molar-refractivity contribution in [3.05, 3.63) is 88.7 Å². The molecule has 266 valence electrons. The van der Waals surface area contributed by atoms with Crippen LogP contribution in [0.1, 0.15) is 47.9 Å². The van der Waals surface area contributed by atoms with Crippen molar-refractivity contribution >= 4 is 27.5 Å². The van der Waals surface area contributed by atoms with Crippen molar-refractivity contribution in [3.8, 4) is 35.2 Å². The van der Waals surface area contributed by atoms with Crippen LogP contribution in [0.15, 0.2) is 60.7 Å². The molecule has 3 fully saturated rings. The van der Waals surface area contributed by atoms with E-state index in [2.05, 4.69) is 45.4 Å². The van der Waals surface area contributed by atoms with Crippen LogP contribution in [0.2, 0.25) is 0 Å². The summed E-state index contributed by atoms with van der Waals surface area (Å²) in [6, 6.07) is 17.0. The first kappa shape index (κ1) is 33.0. The van der Waals surface area contributed by atoms with Gasteiger partial charge in [0.15, 0.2) is 5.82 Å². The highest BCUT2D eigenvalue weighted by molar-refractivity contribution is 6.05. The Labute approximate surface area is 298 Å². The Kier molecular flexibility index (Phi) is 7.83. The maximum Gasteiger partial charge on any atom is 0.417 e. The summed E-state index contributed by atoms with van der Waals surface area (Å²) in [5.74, 6) is 1.24. The van der Waals surface area contributed by atoms with Crippen molar-refractivity contribution in [2.45, 2.75) is 56.9 Å². The molecule has 7 nitrogen and oxygen atoms in total. The Balaban J connectivity index is 1.15. The fraction of sp³-hybridized carbons (Fsp3) is 0.366. The normalized spacial score (nSPS) is 20.9. The predicted molar refractivity (Wildman–Crippen MR) is 192 cm³/mol. The molecule has 0 radical (unpaired) electrons. The van der Waals surface area contributed by atoms with E-state index in [4.69, 9.17) is 16.1 Å². The van der Waals surface area contributed by atoms with E-state index in [0.29, 0.717) is 25.1 Å². The first-order valence-electron chi connectivity index (χ1n) is 17.8. The van der Waals surface area contributed by atoms with E-state index in [9.17, 15) is 5.11 Å². The Morgan fingerprint density at radius 1 is 1.00 bits per heavy atom. The standard InChI is InChI=1S/C41H37F4N5O2/c1-2-24-8-5-9-26-16-30(51)17-31(34(24)26)35-33(41(43,44)45)18-32-37(36(35)42)47-39(48-38(32)50-20-28-10-11-29(21-50)46-28)52-23-40(13-14-40)22-49-15-12-25-6-3-4-7-27(25)19-49/h1,3-9,16-18,28-29,46,51H,10-15,19-23H2. The van der Waals surface area contributed by atoms with Crippen molar-refractivity contribution in [2.24, 2.45) is 5.41 Å². The number of alkyl halides is 3. The summed E-state index contributed by atoms with van der Waals surface area (Å²) in [4.78, 5) is 13.6. The Morgan fingerprint density at radius 2 is 1.77 bits per heavy atom. The summed E-state index contributed by atoms with van der Waals surface area (Å²) >= 11 is 0. The molecule has 2 bridgehead atoms. The van der Waals surface area contributed by atoms with Crippen LogP contribution < -0.4 is 15.0 Å². The van der Waals surface area contributed by atoms with E-state index >= 15 is 17.6 Å². The molecule has 2 N–H and O–H groups in total.